The zero-order valence-electron chi connectivity index (χ0n) is 14.3. The standard InChI is InChI=1S/C20H21ClN2O2/c1-13-19(22-14(2)25-13)12-5-15-3-10-18(11-4-15)23-20(24)16-6-8-17(21)9-7-16/h3-4,6-11,13,19H,5,12H2,1-2H3,(H,23,24)/t13-,19+/m1/s1. The lowest BCUT2D eigenvalue weighted by atomic mass is 10.0. The van der Waals surface area contributed by atoms with Crippen molar-refractivity contribution in [1.29, 1.82) is 0 Å². The first-order valence-electron chi connectivity index (χ1n) is 8.38. The van der Waals surface area contributed by atoms with Crippen LogP contribution in [0.5, 0.6) is 0 Å². The second-order valence-corrected chi connectivity index (χ2v) is 6.67. The van der Waals surface area contributed by atoms with Gasteiger partial charge in [0.1, 0.15) is 6.10 Å². The Kier molecular flexibility index (Phi) is 5.39. The number of benzene rings is 2. The number of amides is 1. The molecule has 0 bridgehead atoms. The van der Waals surface area contributed by atoms with Crippen molar-refractivity contribution in [3.05, 3.63) is 64.7 Å². The molecule has 2 aromatic carbocycles. The quantitative estimate of drug-likeness (QED) is 0.841. The Morgan fingerprint density at radius 3 is 2.44 bits per heavy atom. The zero-order chi connectivity index (χ0) is 17.8. The fourth-order valence-electron chi connectivity index (χ4n) is 2.89. The van der Waals surface area contributed by atoms with Crippen LogP contribution >= 0.6 is 11.6 Å². The second kappa shape index (κ2) is 7.70. The highest BCUT2D eigenvalue weighted by molar-refractivity contribution is 6.30. The Morgan fingerprint density at radius 2 is 1.84 bits per heavy atom. The summed E-state index contributed by atoms with van der Waals surface area (Å²) >= 11 is 5.84. The van der Waals surface area contributed by atoms with Gasteiger partial charge in [-0.05, 0) is 61.7 Å². The average molecular weight is 357 g/mol. The lowest BCUT2D eigenvalue weighted by Crippen LogP contribution is -2.18. The van der Waals surface area contributed by atoms with Crippen LogP contribution < -0.4 is 5.32 Å². The van der Waals surface area contributed by atoms with Crippen LogP contribution in [0.1, 0.15) is 36.2 Å². The maximum Gasteiger partial charge on any atom is 0.255 e. The minimum Gasteiger partial charge on any atom is -0.476 e. The first kappa shape index (κ1) is 17.5. The molecule has 4 nitrogen and oxygen atoms in total. The monoisotopic (exact) mass is 356 g/mol. The van der Waals surface area contributed by atoms with Gasteiger partial charge >= 0.3 is 0 Å². The van der Waals surface area contributed by atoms with E-state index < -0.39 is 0 Å². The van der Waals surface area contributed by atoms with Crippen LogP contribution in [0.4, 0.5) is 5.69 Å². The number of ether oxygens (including phenoxy) is 1. The van der Waals surface area contributed by atoms with Crippen LogP contribution in [0.15, 0.2) is 53.5 Å². The van der Waals surface area contributed by atoms with Crippen molar-refractivity contribution in [2.24, 2.45) is 4.99 Å². The largest absolute Gasteiger partial charge is 0.476 e. The van der Waals surface area contributed by atoms with Crippen molar-refractivity contribution < 1.29 is 9.53 Å². The third-order valence-electron chi connectivity index (χ3n) is 4.29. The number of halogens is 1. The van der Waals surface area contributed by atoms with Gasteiger partial charge in [-0.2, -0.15) is 0 Å². The van der Waals surface area contributed by atoms with E-state index in [4.69, 9.17) is 16.3 Å². The van der Waals surface area contributed by atoms with E-state index in [-0.39, 0.29) is 18.1 Å². The number of anilines is 1. The molecule has 1 aliphatic rings. The number of carbonyl (C=O) groups is 1. The highest BCUT2D eigenvalue weighted by Crippen LogP contribution is 2.20. The Hall–Kier alpha value is -2.33. The van der Waals surface area contributed by atoms with Crippen molar-refractivity contribution in [2.75, 3.05) is 5.32 Å². The van der Waals surface area contributed by atoms with Crippen LogP contribution in [-0.2, 0) is 11.2 Å². The first-order chi connectivity index (χ1) is 12.0. The van der Waals surface area contributed by atoms with E-state index in [2.05, 4.69) is 17.2 Å². The van der Waals surface area contributed by atoms with Gasteiger partial charge < -0.3 is 10.1 Å². The predicted molar refractivity (Wildman–Crippen MR) is 102 cm³/mol. The van der Waals surface area contributed by atoms with Crippen LogP contribution in [0.2, 0.25) is 5.02 Å². The van der Waals surface area contributed by atoms with Crippen LogP contribution in [0.25, 0.3) is 0 Å². The predicted octanol–water partition coefficient (Wildman–Crippen LogP) is 4.73. The number of hydrogen-bond donors (Lipinski definition) is 1. The Balaban J connectivity index is 1.55. The summed E-state index contributed by atoms with van der Waals surface area (Å²) in [5, 5.41) is 3.50. The number of carbonyl (C=O) groups excluding carboxylic acids is 1. The van der Waals surface area contributed by atoms with Crippen LogP contribution in [0.3, 0.4) is 0 Å². The summed E-state index contributed by atoms with van der Waals surface area (Å²) in [6.07, 6.45) is 2.04. The molecule has 0 saturated carbocycles. The summed E-state index contributed by atoms with van der Waals surface area (Å²) in [6, 6.07) is 15.0. The number of nitrogens with zero attached hydrogens (tertiary/aromatic N) is 1. The summed E-state index contributed by atoms with van der Waals surface area (Å²) in [6.45, 7) is 3.95. The van der Waals surface area contributed by atoms with Gasteiger partial charge in [-0.1, -0.05) is 23.7 Å². The van der Waals surface area contributed by atoms with Gasteiger partial charge in [0.25, 0.3) is 5.91 Å². The maximum absolute atomic E-state index is 12.2. The van der Waals surface area contributed by atoms with Gasteiger partial charge in [0.05, 0.1) is 6.04 Å². The number of aryl methyl sites for hydroxylation is 1. The summed E-state index contributed by atoms with van der Waals surface area (Å²) < 4.78 is 5.57. The third-order valence-corrected chi connectivity index (χ3v) is 4.54. The molecule has 0 aliphatic carbocycles. The van der Waals surface area contributed by atoms with E-state index >= 15 is 0 Å². The lowest BCUT2D eigenvalue weighted by molar-refractivity contribution is 0.102. The first-order valence-corrected chi connectivity index (χ1v) is 8.76. The van der Waals surface area contributed by atoms with Crippen molar-refractivity contribution in [3.8, 4) is 0 Å². The molecule has 1 N–H and O–H groups in total. The molecule has 5 heteroatoms. The average Bonchev–Trinajstić information content (AvgIpc) is 2.92. The minimum absolute atomic E-state index is 0.147. The fourth-order valence-corrected chi connectivity index (χ4v) is 3.02. The van der Waals surface area contributed by atoms with Gasteiger partial charge in [-0.25, -0.2) is 4.99 Å². The lowest BCUT2D eigenvalue weighted by Gasteiger charge is -2.12. The van der Waals surface area contributed by atoms with E-state index in [9.17, 15) is 4.79 Å². The molecule has 0 radical (unpaired) electrons. The zero-order valence-corrected chi connectivity index (χ0v) is 15.1. The molecule has 1 amide bonds. The Morgan fingerprint density at radius 1 is 1.16 bits per heavy atom. The molecular weight excluding hydrogens is 336 g/mol. The fraction of sp³-hybridized carbons (Fsp3) is 0.300. The van der Waals surface area contributed by atoms with Gasteiger partial charge in [-0.3, -0.25) is 4.79 Å². The van der Waals surface area contributed by atoms with E-state index in [0.29, 0.717) is 10.6 Å². The summed E-state index contributed by atoms with van der Waals surface area (Å²) in [4.78, 5) is 16.7. The molecule has 2 atom stereocenters. The molecule has 0 aromatic heterocycles. The minimum atomic E-state index is -0.147. The van der Waals surface area contributed by atoms with E-state index in [0.717, 1.165) is 24.4 Å². The van der Waals surface area contributed by atoms with Gasteiger partial charge in [0.2, 0.25) is 0 Å². The molecule has 130 valence electrons. The second-order valence-electron chi connectivity index (χ2n) is 6.24. The molecule has 0 spiro atoms. The van der Waals surface area contributed by atoms with Crippen molar-refractivity contribution in [1.82, 2.24) is 0 Å². The van der Waals surface area contributed by atoms with Crippen molar-refractivity contribution in [3.63, 3.8) is 0 Å². The van der Waals surface area contributed by atoms with Crippen LogP contribution in [-0.4, -0.2) is 24.0 Å². The van der Waals surface area contributed by atoms with E-state index in [1.807, 2.05) is 31.2 Å². The van der Waals surface area contributed by atoms with E-state index in [1.165, 1.54) is 5.56 Å². The van der Waals surface area contributed by atoms with Crippen molar-refractivity contribution in [2.45, 2.75) is 38.8 Å². The molecule has 25 heavy (non-hydrogen) atoms. The summed E-state index contributed by atoms with van der Waals surface area (Å²) in [7, 11) is 0. The Bertz CT molecular complexity index is 769. The maximum atomic E-state index is 12.2. The molecule has 0 unspecified atom stereocenters. The number of rotatable bonds is 5. The summed E-state index contributed by atoms with van der Waals surface area (Å²) in [5.74, 6) is 0.629. The normalized spacial score (nSPS) is 19.2. The SMILES string of the molecule is CC1=N[C@@H](CCc2ccc(NC(=O)c3ccc(Cl)cc3)cc2)[C@@H](C)O1. The number of nitrogens with one attached hydrogen (secondary N) is 1. The molecule has 0 fully saturated rings. The molecule has 0 saturated heterocycles. The van der Waals surface area contributed by atoms with Gasteiger partial charge in [-0.15, -0.1) is 0 Å². The molecular formula is C20H21ClN2O2. The van der Waals surface area contributed by atoms with E-state index in [1.54, 1.807) is 24.3 Å². The summed E-state index contributed by atoms with van der Waals surface area (Å²) in [5.41, 5.74) is 2.57. The topological polar surface area (TPSA) is 50.7 Å². The number of hydrogen-bond acceptors (Lipinski definition) is 3. The molecule has 2 aromatic rings. The van der Waals surface area contributed by atoms with Gasteiger partial charge in [0, 0.05) is 23.2 Å². The number of aliphatic imine (C=N–C) groups is 1. The highest BCUT2D eigenvalue weighted by atomic mass is 35.5. The Labute approximate surface area is 152 Å². The van der Waals surface area contributed by atoms with Gasteiger partial charge in [0.15, 0.2) is 5.90 Å². The molecule has 3 rings (SSSR count). The van der Waals surface area contributed by atoms with Crippen molar-refractivity contribution >= 4 is 29.1 Å². The smallest absolute Gasteiger partial charge is 0.255 e. The highest BCUT2D eigenvalue weighted by Gasteiger charge is 2.24. The molecule has 1 heterocycles. The molecule has 1 aliphatic heterocycles. The third kappa shape index (κ3) is 4.60. The van der Waals surface area contributed by atoms with Crippen LogP contribution in [0, 0.1) is 0 Å².